The molecule has 1 aliphatic rings. The number of nitrogens with one attached hydrogen (secondary N) is 1. The standard InChI is InChI=1S/C22H24BrN3O3/c1-14-9-19(7-8-20(14)23)26-13-17(11-21(26)28)22(29)24-18-6-4-5-16(10-18)12-25(3)15(2)27/h4-10,17H,11-13H2,1-3H3,(H,24,29). The number of aryl methyl sites for hydroxylation is 1. The summed E-state index contributed by atoms with van der Waals surface area (Å²) < 4.78 is 0.984. The van der Waals surface area contributed by atoms with E-state index in [0.717, 1.165) is 21.3 Å². The van der Waals surface area contributed by atoms with E-state index in [1.165, 1.54) is 6.92 Å². The fourth-order valence-electron chi connectivity index (χ4n) is 3.31. The second-order valence-electron chi connectivity index (χ2n) is 7.40. The van der Waals surface area contributed by atoms with Crippen LogP contribution >= 0.6 is 15.9 Å². The van der Waals surface area contributed by atoms with E-state index in [4.69, 9.17) is 0 Å². The zero-order chi connectivity index (χ0) is 21.1. The lowest BCUT2D eigenvalue weighted by molar-refractivity contribution is -0.128. The Morgan fingerprint density at radius 1 is 1.24 bits per heavy atom. The van der Waals surface area contributed by atoms with E-state index in [0.29, 0.717) is 18.8 Å². The molecule has 0 aromatic heterocycles. The van der Waals surface area contributed by atoms with Crippen molar-refractivity contribution < 1.29 is 14.4 Å². The second-order valence-corrected chi connectivity index (χ2v) is 8.26. The number of carbonyl (C=O) groups excluding carboxylic acids is 3. The first-order valence-corrected chi connectivity index (χ1v) is 10.2. The second kappa shape index (κ2) is 8.78. The summed E-state index contributed by atoms with van der Waals surface area (Å²) >= 11 is 3.46. The van der Waals surface area contributed by atoms with Crippen molar-refractivity contribution in [3.8, 4) is 0 Å². The highest BCUT2D eigenvalue weighted by Crippen LogP contribution is 2.29. The first kappa shape index (κ1) is 21.0. The summed E-state index contributed by atoms with van der Waals surface area (Å²) in [5.74, 6) is -0.655. The van der Waals surface area contributed by atoms with Gasteiger partial charge >= 0.3 is 0 Å². The molecule has 0 aliphatic carbocycles. The molecule has 1 aliphatic heterocycles. The third-order valence-electron chi connectivity index (χ3n) is 5.10. The number of carbonyl (C=O) groups is 3. The number of hydrogen-bond donors (Lipinski definition) is 1. The Hall–Kier alpha value is -2.67. The molecule has 1 unspecified atom stereocenters. The molecule has 2 aromatic carbocycles. The molecule has 0 spiro atoms. The number of anilines is 2. The van der Waals surface area contributed by atoms with Gasteiger partial charge in [-0.25, -0.2) is 0 Å². The highest BCUT2D eigenvalue weighted by molar-refractivity contribution is 9.10. The van der Waals surface area contributed by atoms with Crippen molar-refractivity contribution in [2.24, 2.45) is 5.92 Å². The zero-order valence-corrected chi connectivity index (χ0v) is 18.3. The van der Waals surface area contributed by atoms with Crippen LogP contribution in [0.2, 0.25) is 0 Å². The molecule has 1 fully saturated rings. The van der Waals surface area contributed by atoms with Gasteiger partial charge in [0.1, 0.15) is 0 Å². The van der Waals surface area contributed by atoms with Gasteiger partial charge in [-0.3, -0.25) is 14.4 Å². The van der Waals surface area contributed by atoms with Gasteiger partial charge in [0.25, 0.3) is 0 Å². The van der Waals surface area contributed by atoms with Gasteiger partial charge in [0.15, 0.2) is 0 Å². The van der Waals surface area contributed by atoms with Gasteiger partial charge in [0.2, 0.25) is 17.7 Å². The smallest absolute Gasteiger partial charge is 0.229 e. The largest absolute Gasteiger partial charge is 0.342 e. The maximum absolute atomic E-state index is 12.7. The minimum atomic E-state index is -0.407. The Labute approximate surface area is 179 Å². The lowest BCUT2D eigenvalue weighted by Gasteiger charge is -2.18. The van der Waals surface area contributed by atoms with E-state index in [1.807, 2.05) is 49.4 Å². The number of rotatable bonds is 5. The van der Waals surface area contributed by atoms with E-state index in [9.17, 15) is 14.4 Å². The summed E-state index contributed by atoms with van der Waals surface area (Å²) in [6.07, 6.45) is 0.188. The van der Waals surface area contributed by atoms with E-state index in [-0.39, 0.29) is 24.1 Å². The van der Waals surface area contributed by atoms with Crippen molar-refractivity contribution in [2.45, 2.75) is 26.8 Å². The van der Waals surface area contributed by atoms with Crippen LogP contribution in [-0.2, 0) is 20.9 Å². The van der Waals surface area contributed by atoms with Crippen molar-refractivity contribution in [2.75, 3.05) is 23.8 Å². The van der Waals surface area contributed by atoms with E-state index >= 15 is 0 Å². The Bertz CT molecular complexity index is 960. The number of benzene rings is 2. The summed E-state index contributed by atoms with van der Waals surface area (Å²) in [6.45, 7) is 4.31. The van der Waals surface area contributed by atoms with Crippen molar-refractivity contribution in [3.63, 3.8) is 0 Å². The van der Waals surface area contributed by atoms with Gasteiger partial charge in [-0.2, -0.15) is 0 Å². The van der Waals surface area contributed by atoms with E-state index in [1.54, 1.807) is 16.8 Å². The summed E-state index contributed by atoms with van der Waals surface area (Å²) in [4.78, 5) is 39.9. The Morgan fingerprint density at radius 2 is 2.00 bits per heavy atom. The molecule has 2 aromatic rings. The Morgan fingerprint density at radius 3 is 2.69 bits per heavy atom. The molecular weight excluding hydrogens is 434 g/mol. The normalized spacial score (nSPS) is 16.1. The maximum Gasteiger partial charge on any atom is 0.229 e. The first-order valence-electron chi connectivity index (χ1n) is 9.42. The minimum absolute atomic E-state index is 0.0211. The molecule has 1 atom stereocenters. The van der Waals surface area contributed by atoms with Crippen LogP contribution in [0.25, 0.3) is 0 Å². The maximum atomic E-state index is 12.7. The molecule has 0 radical (unpaired) electrons. The van der Waals surface area contributed by atoms with E-state index < -0.39 is 5.92 Å². The van der Waals surface area contributed by atoms with Crippen molar-refractivity contribution >= 4 is 45.0 Å². The van der Waals surface area contributed by atoms with Gasteiger partial charge in [-0.05, 0) is 48.4 Å². The molecule has 29 heavy (non-hydrogen) atoms. The van der Waals surface area contributed by atoms with Crippen LogP contribution in [-0.4, -0.2) is 36.2 Å². The van der Waals surface area contributed by atoms with Gasteiger partial charge in [-0.1, -0.05) is 28.1 Å². The average Bonchev–Trinajstić information content (AvgIpc) is 3.06. The van der Waals surface area contributed by atoms with Crippen molar-refractivity contribution in [1.29, 1.82) is 0 Å². The lowest BCUT2D eigenvalue weighted by atomic mass is 10.1. The monoisotopic (exact) mass is 457 g/mol. The molecule has 1 N–H and O–H groups in total. The highest BCUT2D eigenvalue weighted by atomic mass is 79.9. The van der Waals surface area contributed by atoms with Crippen LogP contribution in [0.15, 0.2) is 46.9 Å². The molecule has 3 rings (SSSR count). The molecule has 3 amide bonds. The molecule has 1 saturated heterocycles. The average molecular weight is 458 g/mol. The zero-order valence-electron chi connectivity index (χ0n) is 16.7. The molecular formula is C22H24BrN3O3. The molecule has 152 valence electrons. The predicted octanol–water partition coefficient (Wildman–Crippen LogP) is 3.73. The number of amides is 3. The number of hydrogen-bond acceptors (Lipinski definition) is 3. The lowest BCUT2D eigenvalue weighted by Crippen LogP contribution is -2.28. The Kier molecular flexibility index (Phi) is 6.37. The fourth-order valence-corrected chi connectivity index (χ4v) is 3.55. The van der Waals surface area contributed by atoms with Crippen molar-refractivity contribution in [1.82, 2.24) is 4.90 Å². The summed E-state index contributed by atoms with van der Waals surface area (Å²) in [5.41, 5.74) is 3.43. The van der Waals surface area contributed by atoms with Gasteiger partial charge in [0.05, 0.1) is 5.92 Å². The molecule has 0 bridgehead atoms. The minimum Gasteiger partial charge on any atom is -0.342 e. The predicted molar refractivity (Wildman–Crippen MR) is 117 cm³/mol. The van der Waals surface area contributed by atoms with E-state index in [2.05, 4.69) is 21.2 Å². The molecule has 7 heteroatoms. The topological polar surface area (TPSA) is 69.7 Å². The van der Waals surface area contributed by atoms with Crippen LogP contribution in [0.3, 0.4) is 0 Å². The quantitative estimate of drug-likeness (QED) is 0.743. The Balaban J connectivity index is 1.66. The van der Waals surface area contributed by atoms with Crippen LogP contribution in [0.5, 0.6) is 0 Å². The molecule has 1 heterocycles. The summed E-state index contributed by atoms with van der Waals surface area (Å²) in [7, 11) is 1.73. The molecule has 0 saturated carbocycles. The SMILES string of the molecule is CC(=O)N(C)Cc1cccc(NC(=O)C2CC(=O)N(c3ccc(Br)c(C)c3)C2)c1. The molecule has 6 nitrogen and oxygen atoms in total. The van der Waals surface area contributed by atoms with Crippen molar-refractivity contribution in [3.05, 3.63) is 58.1 Å². The highest BCUT2D eigenvalue weighted by Gasteiger charge is 2.35. The first-order chi connectivity index (χ1) is 13.7. The van der Waals surface area contributed by atoms with Crippen LogP contribution < -0.4 is 10.2 Å². The van der Waals surface area contributed by atoms with Gasteiger partial charge < -0.3 is 15.1 Å². The third kappa shape index (κ3) is 5.03. The number of halogens is 1. The summed E-state index contributed by atoms with van der Waals surface area (Å²) in [5, 5.41) is 2.91. The summed E-state index contributed by atoms with van der Waals surface area (Å²) in [6, 6.07) is 13.1. The van der Waals surface area contributed by atoms with Gasteiger partial charge in [0, 0.05) is 49.3 Å². The third-order valence-corrected chi connectivity index (χ3v) is 5.99. The number of nitrogens with zero attached hydrogens (tertiary/aromatic N) is 2. The van der Waals surface area contributed by atoms with Crippen LogP contribution in [0, 0.1) is 12.8 Å². The van der Waals surface area contributed by atoms with Crippen LogP contribution in [0.4, 0.5) is 11.4 Å². The fraction of sp³-hybridized carbons (Fsp3) is 0.318. The van der Waals surface area contributed by atoms with Gasteiger partial charge in [-0.15, -0.1) is 0 Å². The van der Waals surface area contributed by atoms with Crippen LogP contribution in [0.1, 0.15) is 24.5 Å².